The number of hydrogen-bond donors (Lipinski definition) is 0. The van der Waals surface area contributed by atoms with E-state index in [2.05, 4.69) is 153 Å². The van der Waals surface area contributed by atoms with E-state index in [-0.39, 0.29) is 0 Å². The van der Waals surface area contributed by atoms with E-state index in [1.807, 2.05) is 0 Å². The van der Waals surface area contributed by atoms with E-state index >= 15 is 0 Å². The summed E-state index contributed by atoms with van der Waals surface area (Å²) in [5.74, 6) is 0. The standard InChI is InChI=1S/C30H20Br2/c31-25-9-5-7-23(19-25)29-13-3-1-11-27(29)21-15-17-22(18-16-21)28-12-2-4-14-30(28)24-8-6-10-26(32)20-24/h1-20H. The van der Waals surface area contributed by atoms with Gasteiger partial charge in [-0.3, -0.25) is 0 Å². The zero-order chi connectivity index (χ0) is 21.9. The first-order chi connectivity index (χ1) is 15.7. The van der Waals surface area contributed by atoms with Crippen LogP contribution in [0.3, 0.4) is 0 Å². The maximum absolute atomic E-state index is 3.60. The van der Waals surface area contributed by atoms with Crippen molar-refractivity contribution in [2.24, 2.45) is 0 Å². The van der Waals surface area contributed by atoms with Crippen molar-refractivity contribution in [2.75, 3.05) is 0 Å². The molecule has 0 bridgehead atoms. The lowest BCUT2D eigenvalue weighted by Gasteiger charge is -2.13. The summed E-state index contributed by atoms with van der Waals surface area (Å²) in [6.07, 6.45) is 0. The van der Waals surface area contributed by atoms with Crippen molar-refractivity contribution in [1.82, 2.24) is 0 Å². The van der Waals surface area contributed by atoms with Gasteiger partial charge in [0, 0.05) is 8.95 Å². The summed E-state index contributed by atoms with van der Waals surface area (Å²) in [5, 5.41) is 0. The highest BCUT2D eigenvalue weighted by Gasteiger charge is 2.10. The van der Waals surface area contributed by atoms with E-state index in [9.17, 15) is 0 Å². The molecule has 0 aromatic heterocycles. The predicted octanol–water partition coefficient (Wildman–Crippen LogP) is 9.88. The van der Waals surface area contributed by atoms with Gasteiger partial charge in [0.05, 0.1) is 0 Å². The second-order valence-electron chi connectivity index (χ2n) is 7.69. The predicted molar refractivity (Wildman–Crippen MR) is 144 cm³/mol. The zero-order valence-electron chi connectivity index (χ0n) is 17.3. The van der Waals surface area contributed by atoms with Gasteiger partial charge in [-0.1, -0.05) is 129 Å². The number of hydrogen-bond acceptors (Lipinski definition) is 0. The van der Waals surface area contributed by atoms with E-state index in [1.54, 1.807) is 0 Å². The molecular formula is C30H20Br2. The molecule has 0 nitrogen and oxygen atoms in total. The van der Waals surface area contributed by atoms with E-state index in [0.717, 1.165) is 8.95 Å². The van der Waals surface area contributed by atoms with Crippen LogP contribution >= 0.6 is 31.9 Å². The molecular weight excluding hydrogens is 520 g/mol. The Hall–Kier alpha value is -2.94. The summed E-state index contributed by atoms with van der Waals surface area (Å²) in [5.41, 5.74) is 9.77. The summed E-state index contributed by atoms with van der Waals surface area (Å²) in [4.78, 5) is 0. The second-order valence-corrected chi connectivity index (χ2v) is 9.52. The Bertz CT molecular complexity index is 1280. The van der Waals surface area contributed by atoms with Crippen LogP contribution in [0.15, 0.2) is 130 Å². The van der Waals surface area contributed by atoms with Crippen molar-refractivity contribution in [3.63, 3.8) is 0 Å². The zero-order valence-corrected chi connectivity index (χ0v) is 20.5. The van der Waals surface area contributed by atoms with Gasteiger partial charge < -0.3 is 0 Å². The van der Waals surface area contributed by atoms with Gasteiger partial charge in [0.1, 0.15) is 0 Å². The molecule has 5 rings (SSSR count). The van der Waals surface area contributed by atoms with E-state index < -0.39 is 0 Å². The molecule has 154 valence electrons. The first kappa shape index (κ1) is 20.9. The molecule has 0 amide bonds. The molecule has 0 aliphatic carbocycles. The normalized spacial score (nSPS) is 10.8. The summed E-state index contributed by atoms with van der Waals surface area (Å²) >= 11 is 7.21. The molecule has 0 fully saturated rings. The Morgan fingerprint density at radius 3 is 1.00 bits per heavy atom. The Morgan fingerprint density at radius 1 is 0.312 bits per heavy atom. The van der Waals surface area contributed by atoms with Crippen LogP contribution in [0.5, 0.6) is 0 Å². The lowest BCUT2D eigenvalue weighted by Crippen LogP contribution is -1.87. The highest BCUT2D eigenvalue weighted by atomic mass is 79.9. The van der Waals surface area contributed by atoms with Crippen LogP contribution in [0.1, 0.15) is 0 Å². The number of rotatable bonds is 4. The van der Waals surface area contributed by atoms with Gasteiger partial charge in [0.2, 0.25) is 0 Å². The first-order valence-corrected chi connectivity index (χ1v) is 12.1. The highest BCUT2D eigenvalue weighted by molar-refractivity contribution is 9.10. The fraction of sp³-hybridized carbons (Fsp3) is 0. The van der Waals surface area contributed by atoms with Crippen molar-refractivity contribution < 1.29 is 0 Å². The van der Waals surface area contributed by atoms with Crippen molar-refractivity contribution in [3.8, 4) is 44.5 Å². The van der Waals surface area contributed by atoms with Crippen LogP contribution < -0.4 is 0 Å². The quantitative estimate of drug-likeness (QED) is 0.213. The van der Waals surface area contributed by atoms with Crippen LogP contribution in [0.4, 0.5) is 0 Å². The molecule has 32 heavy (non-hydrogen) atoms. The van der Waals surface area contributed by atoms with E-state index in [1.165, 1.54) is 44.5 Å². The average Bonchev–Trinajstić information content (AvgIpc) is 2.84. The Labute approximate surface area is 205 Å². The Morgan fingerprint density at radius 2 is 0.656 bits per heavy atom. The third kappa shape index (κ3) is 4.34. The van der Waals surface area contributed by atoms with Gasteiger partial charge in [0.15, 0.2) is 0 Å². The molecule has 0 saturated heterocycles. The van der Waals surface area contributed by atoms with Gasteiger partial charge in [-0.15, -0.1) is 0 Å². The lowest BCUT2D eigenvalue weighted by atomic mass is 9.91. The van der Waals surface area contributed by atoms with Crippen LogP contribution in [-0.4, -0.2) is 0 Å². The lowest BCUT2D eigenvalue weighted by molar-refractivity contribution is 1.55. The average molecular weight is 540 g/mol. The minimum Gasteiger partial charge on any atom is -0.0616 e. The van der Waals surface area contributed by atoms with Crippen LogP contribution in [0, 0.1) is 0 Å². The van der Waals surface area contributed by atoms with Gasteiger partial charge in [-0.25, -0.2) is 0 Å². The summed E-state index contributed by atoms with van der Waals surface area (Å²) in [6, 6.07) is 43.0. The SMILES string of the molecule is Brc1cccc(-c2ccccc2-c2ccc(-c3ccccc3-c3cccc(Br)c3)cc2)c1. The van der Waals surface area contributed by atoms with Crippen LogP contribution in [0.2, 0.25) is 0 Å². The van der Waals surface area contributed by atoms with Crippen molar-refractivity contribution in [3.05, 3.63) is 130 Å². The summed E-state index contributed by atoms with van der Waals surface area (Å²) in [7, 11) is 0. The Balaban J connectivity index is 1.55. The summed E-state index contributed by atoms with van der Waals surface area (Å²) in [6.45, 7) is 0. The van der Waals surface area contributed by atoms with Crippen LogP contribution in [0.25, 0.3) is 44.5 Å². The molecule has 0 aliphatic heterocycles. The molecule has 0 unspecified atom stereocenters. The smallest absolute Gasteiger partial charge is 0.0181 e. The monoisotopic (exact) mass is 538 g/mol. The first-order valence-electron chi connectivity index (χ1n) is 10.5. The summed E-state index contributed by atoms with van der Waals surface area (Å²) < 4.78 is 2.17. The van der Waals surface area contributed by atoms with Gasteiger partial charge >= 0.3 is 0 Å². The molecule has 5 aromatic rings. The van der Waals surface area contributed by atoms with Crippen molar-refractivity contribution in [2.45, 2.75) is 0 Å². The minimum absolute atomic E-state index is 1.09. The maximum atomic E-state index is 3.60. The fourth-order valence-corrected chi connectivity index (χ4v) is 4.91. The molecule has 0 radical (unpaired) electrons. The van der Waals surface area contributed by atoms with Gasteiger partial charge in [-0.05, 0) is 68.8 Å². The topological polar surface area (TPSA) is 0 Å². The third-order valence-electron chi connectivity index (χ3n) is 5.63. The molecule has 0 spiro atoms. The molecule has 0 atom stereocenters. The molecule has 2 heteroatoms. The molecule has 0 aliphatic rings. The molecule has 0 saturated carbocycles. The van der Waals surface area contributed by atoms with Gasteiger partial charge in [-0.2, -0.15) is 0 Å². The number of benzene rings is 5. The van der Waals surface area contributed by atoms with Crippen LogP contribution in [-0.2, 0) is 0 Å². The molecule has 0 N–H and O–H groups in total. The molecule has 5 aromatic carbocycles. The van der Waals surface area contributed by atoms with E-state index in [4.69, 9.17) is 0 Å². The highest BCUT2D eigenvalue weighted by Crippen LogP contribution is 2.36. The number of halogens is 2. The molecule has 0 heterocycles. The fourth-order valence-electron chi connectivity index (χ4n) is 4.11. The van der Waals surface area contributed by atoms with Crippen molar-refractivity contribution >= 4 is 31.9 Å². The van der Waals surface area contributed by atoms with E-state index in [0.29, 0.717) is 0 Å². The maximum Gasteiger partial charge on any atom is 0.0181 e. The second kappa shape index (κ2) is 9.28. The third-order valence-corrected chi connectivity index (χ3v) is 6.62. The largest absolute Gasteiger partial charge is 0.0616 e. The minimum atomic E-state index is 1.09. The van der Waals surface area contributed by atoms with Gasteiger partial charge in [0.25, 0.3) is 0 Å². The Kier molecular flexibility index (Phi) is 6.07. The van der Waals surface area contributed by atoms with Crippen molar-refractivity contribution in [1.29, 1.82) is 0 Å².